The van der Waals surface area contributed by atoms with E-state index in [-0.39, 0.29) is 6.04 Å². The number of carbonyl (C=O) groups is 1. The number of rotatable bonds is 4. The van der Waals surface area contributed by atoms with Crippen LogP contribution in [-0.2, 0) is 4.79 Å². The van der Waals surface area contributed by atoms with E-state index >= 15 is 0 Å². The van der Waals surface area contributed by atoms with Crippen molar-refractivity contribution in [1.29, 1.82) is 0 Å². The average molecular weight is 311 g/mol. The van der Waals surface area contributed by atoms with Crippen LogP contribution in [0.1, 0.15) is 58.8 Å². The van der Waals surface area contributed by atoms with Crippen LogP contribution in [0, 0.1) is 11.8 Å². The van der Waals surface area contributed by atoms with Gasteiger partial charge in [-0.2, -0.15) is 11.8 Å². The fourth-order valence-electron chi connectivity index (χ4n) is 4.30. The Labute approximate surface area is 133 Å². The molecule has 3 unspecified atom stereocenters. The molecule has 2 saturated heterocycles. The molecule has 3 fully saturated rings. The molecule has 0 bridgehead atoms. The molecule has 2 heterocycles. The van der Waals surface area contributed by atoms with Gasteiger partial charge in [-0.3, -0.25) is 10.1 Å². The van der Waals surface area contributed by atoms with Crippen LogP contribution in [-0.4, -0.2) is 40.6 Å². The molecule has 3 rings (SSSR count). The van der Waals surface area contributed by atoms with Crippen molar-refractivity contribution in [1.82, 2.24) is 10.2 Å². The van der Waals surface area contributed by atoms with Gasteiger partial charge in [0.15, 0.2) is 0 Å². The molecule has 0 radical (unpaired) electrons. The highest BCUT2D eigenvalue weighted by Gasteiger charge is 2.46. The summed E-state index contributed by atoms with van der Waals surface area (Å²) < 4.78 is 0. The van der Waals surface area contributed by atoms with Crippen molar-refractivity contribution in [2.75, 3.05) is 11.5 Å². The lowest BCUT2D eigenvalue weighted by Crippen LogP contribution is -2.49. The van der Waals surface area contributed by atoms with E-state index in [9.17, 15) is 4.79 Å². The lowest BCUT2D eigenvalue weighted by atomic mass is 10.0. The molecule has 0 aromatic carbocycles. The van der Waals surface area contributed by atoms with Gasteiger partial charge in [-0.25, -0.2) is 0 Å². The summed E-state index contributed by atoms with van der Waals surface area (Å²) in [5, 5.41) is 3.73. The van der Waals surface area contributed by atoms with Crippen molar-refractivity contribution >= 4 is 17.7 Å². The Bertz CT molecular complexity index is 362. The number of nitrogens with zero attached hydrogens (tertiary/aromatic N) is 1. The van der Waals surface area contributed by atoms with Crippen molar-refractivity contribution in [3.63, 3.8) is 0 Å². The largest absolute Gasteiger partial charge is 0.322 e. The zero-order chi connectivity index (χ0) is 14.8. The first kappa shape index (κ1) is 15.7. The molecule has 1 aliphatic carbocycles. The van der Waals surface area contributed by atoms with E-state index in [1.165, 1.54) is 44.3 Å². The van der Waals surface area contributed by atoms with Gasteiger partial charge < -0.3 is 4.90 Å². The minimum absolute atomic E-state index is 0.0718. The maximum Gasteiger partial charge on any atom is 0.241 e. The van der Waals surface area contributed by atoms with E-state index < -0.39 is 0 Å². The summed E-state index contributed by atoms with van der Waals surface area (Å²) in [5.74, 6) is 4.09. The number of amides is 1. The molecule has 120 valence electrons. The number of hydrogen-bond acceptors (Lipinski definition) is 3. The third kappa shape index (κ3) is 3.42. The third-order valence-corrected chi connectivity index (χ3v) is 6.51. The van der Waals surface area contributed by atoms with E-state index in [1.54, 1.807) is 0 Å². The second-order valence-corrected chi connectivity index (χ2v) is 8.60. The van der Waals surface area contributed by atoms with Gasteiger partial charge in [0.25, 0.3) is 0 Å². The number of hydrogen-bond donors (Lipinski definition) is 1. The Morgan fingerprint density at radius 3 is 2.62 bits per heavy atom. The highest BCUT2D eigenvalue weighted by molar-refractivity contribution is 7.99. The van der Waals surface area contributed by atoms with Gasteiger partial charge >= 0.3 is 0 Å². The number of thioether (sulfide) groups is 1. The van der Waals surface area contributed by atoms with Gasteiger partial charge in [0.1, 0.15) is 0 Å². The first-order chi connectivity index (χ1) is 10.2. The quantitative estimate of drug-likeness (QED) is 0.865. The maximum absolute atomic E-state index is 13.0. The van der Waals surface area contributed by atoms with Crippen LogP contribution in [0.5, 0.6) is 0 Å². The predicted octanol–water partition coefficient (Wildman–Crippen LogP) is 3.24. The van der Waals surface area contributed by atoms with E-state index in [0.717, 1.165) is 12.2 Å². The molecule has 2 aliphatic heterocycles. The molecule has 21 heavy (non-hydrogen) atoms. The summed E-state index contributed by atoms with van der Waals surface area (Å²) in [7, 11) is 0. The Balaban J connectivity index is 1.75. The number of carbonyl (C=O) groups excluding carboxylic acids is 1. The fraction of sp³-hybridized carbons (Fsp3) is 0.941. The summed E-state index contributed by atoms with van der Waals surface area (Å²) in [6, 6.07) is 0.550. The summed E-state index contributed by atoms with van der Waals surface area (Å²) in [4.78, 5) is 15.2. The van der Waals surface area contributed by atoms with Crippen LogP contribution in [0.25, 0.3) is 0 Å². The van der Waals surface area contributed by atoms with Crippen molar-refractivity contribution in [2.45, 2.75) is 77.0 Å². The molecular weight excluding hydrogens is 280 g/mol. The van der Waals surface area contributed by atoms with Crippen LogP contribution in [0.4, 0.5) is 0 Å². The Hall–Kier alpha value is -0.220. The van der Waals surface area contributed by atoms with Gasteiger partial charge in [0, 0.05) is 11.8 Å². The lowest BCUT2D eigenvalue weighted by Gasteiger charge is -2.37. The van der Waals surface area contributed by atoms with Crippen molar-refractivity contribution < 1.29 is 4.79 Å². The molecule has 3 nitrogen and oxygen atoms in total. The minimum atomic E-state index is 0.0718. The zero-order valence-corrected chi connectivity index (χ0v) is 14.3. The molecule has 3 atom stereocenters. The lowest BCUT2D eigenvalue weighted by molar-refractivity contribution is -0.133. The van der Waals surface area contributed by atoms with Crippen molar-refractivity contribution in [3.8, 4) is 0 Å². The third-order valence-electron chi connectivity index (χ3n) is 5.31. The highest BCUT2D eigenvalue weighted by Crippen LogP contribution is 2.36. The summed E-state index contributed by atoms with van der Waals surface area (Å²) >= 11 is 2.03. The van der Waals surface area contributed by atoms with Crippen LogP contribution < -0.4 is 5.32 Å². The maximum atomic E-state index is 13.0. The van der Waals surface area contributed by atoms with Crippen LogP contribution >= 0.6 is 11.8 Å². The van der Waals surface area contributed by atoms with Crippen molar-refractivity contribution in [2.24, 2.45) is 11.8 Å². The standard InChI is InChI=1S/C17H30N2OS/c1-12(2)10-15-17(20)19(14-8-5-9-21-11-14)16(18-15)13-6-3-4-7-13/h12-16,18H,3-11H2,1-2H3. The normalized spacial score (nSPS) is 35.1. The molecule has 1 saturated carbocycles. The fourth-order valence-corrected chi connectivity index (χ4v) is 5.44. The van der Waals surface area contributed by atoms with Gasteiger partial charge in [-0.15, -0.1) is 0 Å². The average Bonchev–Trinajstić information content (AvgIpc) is 3.08. The highest BCUT2D eigenvalue weighted by atomic mass is 32.2. The Kier molecular flexibility index (Phi) is 5.15. The van der Waals surface area contributed by atoms with E-state index in [1.807, 2.05) is 11.8 Å². The smallest absolute Gasteiger partial charge is 0.241 e. The van der Waals surface area contributed by atoms with Gasteiger partial charge in [-0.05, 0) is 49.7 Å². The molecule has 3 aliphatic rings. The van der Waals surface area contributed by atoms with E-state index in [0.29, 0.717) is 30.0 Å². The molecule has 0 aromatic heterocycles. The van der Waals surface area contributed by atoms with Gasteiger partial charge in [0.2, 0.25) is 5.91 Å². The predicted molar refractivity (Wildman–Crippen MR) is 89.3 cm³/mol. The summed E-state index contributed by atoms with van der Waals surface area (Å²) in [5.41, 5.74) is 0. The van der Waals surface area contributed by atoms with Gasteiger partial charge in [-0.1, -0.05) is 26.7 Å². The second-order valence-electron chi connectivity index (χ2n) is 7.45. The zero-order valence-electron chi connectivity index (χ0n) is 13.5. The number of nitrogens with one attached hydrogen (secondary N) is 1. The first-order valence-electron chi connectivity index (χ1n) is 8.83. The minimum Gasteiger partial charge on any atom is -0.322 e. The molecule has 4 heteroatoms. The van der Waals surface area contributed by atoms with Crippen LogP contribution in [0.2, 0.25) is 0 Å². The molecule has 0 spiro atoms. The van der Waals surface area contributed by atoms with E-state index in [4.69, 9.17) is 0 Å². The van der Waals surface area contributed by atoms with E-state index in [2.05, 4.69) is 24.1 Å². The first-order valence-corrected chi connectivity index (χ1v) is 9.98. The topological polar surface area (TPSA) is 32.3 Å². The summed E-state index contributed by atoms with van der Waals surface area (Å²) in [6.07, 6.45) is 9.08. The van der Waals surface area contributed by atoms with Crippen LogP contribution in [0.3, 0.4) is 0 Å². The van der Waals surface area contributed by atoms with Gasteiger partial charge in [0.05, 0.1) is 12.2 Å². The van der Waals surface area contributed by atoms with Crippen LogP contribution in [0.15, 0.2) is 0 Å². The second kappa shape index (κ2) is 6.91. The monoisotopic (exact) mass is 310 g/mol. The SMILES string of the molecule is CC(C)CC1NC(C2CCCC2)N(C2CCCSC2)C1=O. The molecular formula is C17H30N2OS. The molecule has 1 amide bonds. The molecule has 0 aromatic rings. The summed E-state index contributed by atoms with van der Waals surface area (Å²) in [6.45, 7) is 4.44. The molecule has 1 N–H and O–H groups in total. The van der Waals surface area contributed by atoms with Crippen molar-refractivity contribution in [3.05, 3.63) is 0 Å². The Morgan fingerprint density at radius 1 is 1.24 bits per heavy atom. The Morgan fingerprint density at radius 2 is 2.00 bits per heavy atom.